The van der Waals surface area contributed by atoms with Gasteiger partial charge in [-0.05, 0) is 58.2 Å². The summed E-state index contributed by atoms with van der Waals surface area (Å²) in [6.45, 7) is 4.17. The van der Waals surface area contributed by atoms with Gasteiger partial charge in [0.15, 0.2) is 0 Å². The second-order valence-electron chi connectivity index (χ2n) is 4.06. The Bertz CT molecular complexity index is 500. The fourth-order valence-corrected chi connectivity index (χ4v) is 2.46. The number of allylic oxidation sites excluding steroid dienone is 1. The molecule has 0 bridgehead atoms. The molecule has 0 fully saturated rings. The minimum Gasteiger partial charge on any atom is -0.0952 e. The highest BCUT2D eigenvalue weighted by molar-refractivity contribution is 14.1. The van der Waals surface area contributed by atoms with E-state index in [1.54, 1.807) is 0 Å². The van der Waals surface area contributed by atoms with Crippen LogP contribution in [0, 0.1) is 3.57 Å². The number of benzene rings is 2. The number of rotatable bonds is 4. The van der Waals surface area contributed by atoms with Crippen molar-refractivity contribution in [3.05, 3.63) is 75.9 Å². The topological polar surface area (TPSA) is 0 Å². The highest BCUT2D eigenvalue weighted by Crippen LogP contribution is 2.20. The predicted molar refractivity (Wildman–Crippen MR) is 83.0 cm³/mol. The van der Waals surface area contributed by atoms with Gasteiger partial charge in [-0.2, -0.15) is 0 Å². The van der Waals surface area contributed by atoms with Gasteiger partial charge in [-0.1, -0.05) is 55.1 Å². The molecule has 0 heterocycles. The average molecular weight is 334 g/mol. The van der Waals surface area contributed by atoms with Gasteiger partial charge in [0.25, 0.3) is 0 Å². The summed E-state index contributed by atoms with van der Waals surface area (Å²) in [5.74, 6) is 0. The summed E-state index contributed by atoms with van der Waals surface area (Å²) in [5, 5.41) is 0. The Morgan fingerprint density at radius 1 is 0.941 bits per heavy atom. The molecule has 86 valence electrons. The number of aryl methyl sites for hydroxylation is 1. The summed E-state index contributed by atoms with van der Waals surface area (Å²) in [4.78, 5) is 0. The Balaban J connectivity index is 2.00. The Morgan fingerprint density at radius 3 is 2.29 bits per heavy atom. The van der Waals surface area contributed by atoms with E-state index in [-0.39, 0.29) is 0 Å². The van der Waals surface area contributed by atoms with Crippen molar-refractivity contribution in [3.8, 4) is 0 Å². The van der Waals surface area contributed by atoms with E-state index in [1.807, 2.05) is 6.07 Å². The first-order valence-corrected chi connectivity index (χ1v) is 6.82. The molecular formula is C16H15I. The lowest BCUT2D eigenvalue weighted by Gasteiger charge is -2.07. The molecule has 0 amide bonds. The average Bonchev–Trinajstić information content (AvgIpc) is 2.38. The zero-order valence-corrected chi connectivity index (χ0v) is 11.9. The molecule has 0 N–H and O–H groups in total. The number of halogens is 1. The second-order valence-corrected chi connectivity index (χ2v) is 5.22. The molecule has 0 saturated carbocycles. The molecule has 2 rings (SSSR count). The van der Waals surface area contributed by atoms with Crippen LogP contribution in [0.5, 0.6) is 0 Å². The smallest absolute Gasteiger partial charge is 0.0162 e. The molecule has 0 atom stereocenters. The van der Waals surface area contributed by atoms with Gasteiger partial charge in [0.2, 0.25) is 0 Å². The largest absolute Gasteiger partial charge is 0.0952 e. The van der Waals surface area contributed by atoms with Gasteiger partial charge < -0.3 is 0 Å². The standard InChI is InChI=1S/C16H15I/c1-13(14-7-3-2-4-8-14)11-12-15-9-5-6-10-16(15)17/h2-10H,1,11-12H2. The van der Waals surface area contributed by atoms with Crippen LogP contribution in [0.4, 0.5) is 0 Å². The SMILES string of the molecule is C=C(CCc1ccccc1I)c1ccccc1. The summed E-state index contributed by atoms with van der Waals surface area (Å²) < 4.78 is 1.34. The van der Waals surface area contributed by atoms with Crippen LogP contribution >= 0.6 is 22.6 Å². The predicted octanol–water partition coefficient (Wildman–Crippen LogP) is 4.94. The van der Waals surface area contributed by atoms with Crippen LogP contribution < -0.4 is 0 Å². The first-order valence-electron chi connectivity index (χ1n) is 5.74. The van der Waals surface area contributed by atoms with Crippen molar-refractivity contribution in [3.63, 3.8) is 0 Å². The molecule has 0 aliphatic carbocycles. The lowest BCUT2D eigenvalue weighted by molar-refractivity contribution is 1.01. The first kappa shape index (κ1) is 12.4. The summed E-state index contributed by atoms with van der Waals surface area (Å²) in [6, 6.07) is 18.9. The van der Waals surface area contributed by atoms with Crippen molar-refractivity contribution >= 4 is 28.2 Å². The number of hydrogen-bond acceptors (Lipinski definition) is 0. The van der Waals surface area contributed by atoms with Gasteiger partial charge in [0.1, 0.15) is 0 Å². The van der Waals surface area contributed by atoms with E-state index >= 15 is 0 Å². The van der Waals surface area contributed by atoms with Crippen molar-refractivity contribution in [2.75, 3.05) is 0 Å². The Labute approximate surface area is 117 Å². The van der Waals surface area contributed by atoms with E-state index in [0.29, 0.717) is 0 Å². The summed E-state index contributed by atoms with van der Waals surface area (Å²) >= 11 is 2.39. The van der Waals surface area contributed by atoms with E-state index in [4.69, 9.17) is 0 Å². The van der Waals surface area contributed by atoms with Crippen LogP contribution in [0.1, 0.15) is 17.5 Å². The third-order valence-electron chi connectivity index (χ3n) is 2.84. The van der Waals surface area contributed by atoms with E-state index < -0.39 is 0 Å². The third-order valence-corrected chi connectivity index (χ3v) is 3.89. The van der Waals surface area contributed by atoms with E-state index in [9.17, 15) is 0 Å². The fraction of sp³-hybridized carbons (Fsp3) is 0.125. The zero-order valence-electron chi connectivity index (χ0n) is 9.70. The molecule has 0 saturated heterocycles. The van der Waals surface area contributed by atoms with Gasteiger partial charge in [-0.3, -0.25) is 0 Å². The third kappa shape index (κ3) is 3.43. The fourth-order valence-electron chi connectivity index (χ4n) is 1.80. The molecule has 0 aliphatic heterocycles. The highest BCUT2D eigenvalue weighted by atomic mass is 127. The lowest BCUT2D eigenvalue weighted by atomic mass is 10.00. The minimum absolute atomic E-state index is 1.02. The molecular weight excluding hydrogens is 319 g/mol. The van der Waals surface area contributed by atoms with Gasteiger partial charge in [-0.25, -0.2) is 0 Å². The van der Waals surface area contributed by atoms with Crippen molar-refractivity contribution < 1.29 is 0 Å². The molecule has 0 aromatic heterocycles. The Kier molecular flexibility index (Phi) is 4.37. The minimum atomic E-state index is 1.02. The Morgan fingerprint density at radius 2 is 1.59 bits per heavy atom. The van der Waals surface area contributed by atoms with Crippen LogP contribution in [0.15, 0.2) is 61.2 Å². The van der Waals surface area contributed by atoms with Crippen LogP contribution in [-0.2, 0) is 6.42 Å². The summed E-state index contributed by atoms with van der Waals surface area (Å²) in [7, 11) is 0. The van der Waals surface area contributed by atoms with Gasteiger partial charge >= 0.3 is 0 Å². The molecule has 0 aliphatic rings. The maximum Gasteiger partial charge on any atom is 0.0162 e. The van der Waals surface area contributed by atoms with E-state index in [1.165, 1.54) is 20.3 Å². The summed E-state index contributed by atoms with van der Waals surface area (Å²) in [6.07, 6.45) is 2.08. The molecule has 17 heavy (non-hydrogen) atoms. The van der Waals surface area contributed by atoms with Crippen LogP contribution in [0.25, 0.3) is 5.57 Å². The maximum atomic E-state index is 4.17. The van der Waals surface area contributed by atoms with Crippen LogP contribution in [0.2, 0.25) is 0 Å². The normalized spacial score (nSPS) is 10.2. The maximum absolute atomic E-state index is 4.17. The molecule has 0 nitrogen and oxygen atoms in total. The molecule has 1 heteroatoms. The second kappa shape index (κ2) is 6.01. The molecule has 2 aromatic carbocycles. The Hall–Kier alpha value is -1.09. The van der Waals surface area contributed by atoms with Gasteiger partial charge in [0, 0.05) is 3.57 Å². The molecule has 0 unspecified atom stereocenters. The van der Waals surface area contributed by atoms with Gasteiger partial charge in [-0.15, -0.1) is 0 Å². The highest BCUT2D eigenvalue weighted by Gasteiger charge is 2.01. The van der Waals surface area contributed by atoms with Crippen molar-refractivity contribution in [2.24, 2.45) is 0 Å². The van der Waals surface area contributed by atoms with E-state index in [0.717, 1.165) is 12.8 Å². The molecule has 2 aromatic rings. The first-order chi connectivity index (χ1) is 8.27. The van der Waals surface area contributed by atoms with Crippen molar-refractivity contribution in [1.82, 2.24) is 0 Å². The van der Waals surface area contributed by atoms with Crippen LogP contribution in [0.3, 0.4) is 0 Å². The van der Waals surface area contributed by atoms with Gasteiger partial charge in [0.05, 0.1) is 0 Å². The van der Waals surface area contributed by atoms with Crippen LogP contribution in [-0.4, -0.2) is 0 Å². The quantitative estimate of drug-likeness (QED) is 0.695. The molecule has 0 radical (unpaired) electrons. The molecule has 0 spiro atoms. The van der Waals surface area contributed by atoms with Crippen molar-refractivity contribution in [2.45, 2.75) is 12.8 Å². The monoisotopic (exact) mass is 334 g/mol. The zero-order chi connectivity index (χ0) is 12.1. The lowest BCUT2D eigenvalue weighted by Crippen LogP contribution is -1.91. The van der Waals surface area contributed by atoms with Crippen molar-refractivity contribution in [1.29, 1.82) is 0 Å². The van der Waals surface area contributed by atoms with E-state index in [2.05, 4.69) is 77.7 Å². The summed E-state index contributed by atoms with van der Waals surface area (Å²) in [5.41, 5.74) is 3.87. The number of hydrogen-bond donors (Lipinski definition) is 0.